The summed E-state index contributed by atoms with van der Waals surface area (Å²) in [5.74, 6) is 0.493. The smallest absolute Gasteiger partial charge is 0.276 e. The maximum atomic E-state index is 12.5. The third-order valence-electron chi connectivity index (χ3n) is 3.44. The number of aryl methyl sites for hydroxylation is 1. The van der Waals surface area contributed by atoms with Gasteiger partial charge in [0.15, 0.2) is 0 Å². The van der Waals surface area contributed by atoms with Crippen molar-refractivity contribution in [3.05, 3.63) is 59.9 Å². The zero-order valence-electron chi connectivity index (χ0n) is 13.9. The number of hydrogen-bond donors (Lipinski definition) is 1. The Hall–Kier alpha value is -2.95. The molecule has 0 spiro atoms. The van der Waals surface area contributed by atoms with Crippen LogP contribution in [-0.2, 0) is 0 Å². The molecule has 0 atom stereocenters. The van der Waals surface area contributed by atoms with Crippen LogP contribution < -0.4 is 10.1 Å². The number of nitrogens with one attached hydrogen (secondary N) is 1. The van der Waals surface area contributed by atoms with E-state index in [9.17, 15) is 4.79 Å². The number of fused-ring (bicyclic) bond motifs is 1. The summed E-state index contributed by atoms with van der Waals surface area (Å²) in [4.78, 5) is 21.4. The number of ether oxygens (including phenoxy) is 1. The minimum atomic E-state index is -0.275. The van der Waals surface area contributed by atoms with Gasteiger partial charge >= 0.3 is 0 Å². The zero-order chi connectivity index (χ0) is 17.1. The first kappa shape index (κ1) is 15.9. The normalized spacial score (nSPS) is 10.8. The monoisotopic (exact) mass is 321 g/mol. The van der Waals surface area contributed by atoms with Crippen LogP contribution in [-0.4, -0.2) is 22.0 Å². The van der Waals surface area contributed by atoms with Gasteiger partial charge in [-0.1, -0.05) is 12.1 Å². The molecule has 3 rings (SSSR count). The van der Waals surface area contributed by atoms with E-state index in [2.05, 4.69) is 15.3 Å². The second kappa shape index (κ2) is 6.66. The molecule has 1 heterocycles. The molecule has 1 N–H and O–H groups in total. The van der Waals surface area contributed by atoms with Crippen molar-refractivity contribution in [2.24, 2.45) is 0 Å². The molecule has 0 fully saturated rings. The topological polar surface area (TPSA) is 64.1 Å². The summed E-state index contributed by atoms with van der Waals surface area (Å²) >= 11 is 0. The van der Waals surface area contributed by atoms with Gasteiger partial charge in [0.2, 0.25) is 0 Å². The molecule has 3 aromatic rings. The van der Waals surface area contributed by atoms with Gasteiger partial charge in [-0.2, -0.15) is 0 Å². The summed E-state index contributed by atoms with van der Waals surface area (Å²) < 4.78 is 5.59. The molecule has 5 heteroatoms. The number of amides is 1. The molecule has 1 aromatic heterocycles. The van der Waals surface area contributed by atoms with Gasteiger partial charge in [0.1, 0.15) is 11.4 Å². The molecule has 0 aliphatic heterocycles. The van der Waals surface area contributed by atoms with E-state index in [1.807, 2.05) is 50.2 Å². The molecule has 122 valence electrons. The second-order valence-corrected chi connectivity index (χ2v) is 5.79. The highest BCUT2D eigenvalue weighted by Crippen LogP contribution is 2.18. The Labute approximate surface area is 140 Å². The van der Waals surface area contributed by atoms with Crippen molar-refractivity contribution in [2.75, 3.05) is 5.32 Å². The summed E-state index contributed by atoms with van der Waals surface area (Å²) in [6, 6.07) is 14.8. The predicted molar refractivity (Wildman–Crippen MR) is 94.4 cm³/mol. The van der Waals surface area contributed by atoms with Gasteiger partial charge in [-0.15, -0.1) is 0 Å². The van der Waals surface area contributed by atoms with Crippen molar-refractivity contribution in [1.29, 1.82) is 0 Å². The Bertz CT molecular complexity index is 873. The molecule has 0 aliphatic rings. The fourth-order valence-electron chi connectivity index (χ4n) is 2.38. The van der Waals surface area contributed by atoms with Crippen LogP contribution in [0.4, 0.5) is 5.69 Å². The number of benzene rings is 2. The minimum Gasteiger partial charge on any atom is -0.491 e. The fourth-order valence-corrected chi connectivity index (χ4v) is 2.38. The Balaban J connectivity index is 1.80. The molecule has 24 heavy (non-hydrogen) atoms. The molecule has 0 radical (unpaired) electrons. The second-order valence-electron chi connectivity index (χ2n) is 5.79. The van der Waals surface area contributed by atoms with Crippen molar-refractivity contribution in [2.45, 2.75) is 26.9 Å². The van der Waals surface area contributed by atoms with Gasteiger partial charge in [-0.25, -0.2) is 9.97 Å². The molecule has 5 nitrogen and oxygen atoms in total. The molecule has 1 amide bonds. The zero-order valence-corrected chi connectivity index (χ0v) is 13.9. The van der Waals surface area contributed by atoms with Crippen molar-refractivity contribution >= 4 is 22.6 Å². The number of nitrogens with zero attached hydrogens (tertiary/aromatic N) is 2. The van der Waals surface area contributed by atoms with E-state index in [1.54, 1.807) is 19.1 Å². The van der Waals surface area contributed by atoms with E-state index in [1.165, 1.54) is 0 Å². The van der Waals surface area contributed by atoms with Crippen molar-refractivity contribution in [1.82, 2.24) is 9.97 Å². The molecule has 0 saturated carbocycles. The average molecular weight is 321 g/mol. The number of carbonyl (C=O) groups is 1. The number of rotatable bonds is 4. The van der Waals surface area contributed by atoms with Crippen LogP contribution in [0.1, 0.15) is 30.0 Å². The van der Waals surface area contributed by atoms with Crippen molar-refractivity contribution in [3.8, 4) is 5.75 Å². The first-order valence-electron chi connectivity index (χ1n) is 7.84. The average Bonchev–Trinajstić information content (AvgIpc) is 2.55. The van der Waals surface area contributed by atoms with Crippen LogP contribution >= 0.6 is 0 Å². The lowest BCUT2D eigenvalue weighted by molar-refractivity contribution is 0.102. The Morgan fingerprint density at radius 1 is 1.00 bits per heavy atom. The van der Waals surface area contributed by atoms with E-state index >= 15 is 0 Å². The molecular formula is C19H19N3O2. The lowest BCUT2D eigenvalue weighted by atomic mass is 10.2. The van der Waals surface area contributed by atoms with Crippen LogP contribution in [0.15, 0.2) is 48.5 Å². The molecular weight excluding hydrogens is 302 g/mol. The number of carbonyl (C=O) groups excluding carboxylic acids is 1. The van der Waals surface area contributed by atoms with Crippen LogP contribution in [0, 0.1) is 6.92 Å². The quantitative estimate of drug-likeness (QED) is 0.789. The summed E-state index contributed by atoms with van der Waals surface area (Å²) in [6.45, 7) is 5.72. The van der Waals surface area contributed by atoms with Crippen molar-refractivity contribution < 1.29 is 9.53 Å². The maximum absolute atomic E-state index is 12.5. The summed E-state index contributed by atoms with van der Waals surface area (Å²) in [6.07, 6.45) is 0.112. The SMILES string of the molecule is Cc1nc2ccccc2nc1C(=O)Nc1ccc(OC(C)C)cc1. The van der Waals surface area contributed by atoms with Gasteiger partial charge in [0.25, 0.3) is 5.91 Å². The summed E-state index contributed by atoms with van der Waals surface area (Å²) in [7, 11) is 0. The lowest BCUT2D eigenvalue weighted by Crippen LogP contribution is -2.16. The fraction of sp³-hybridized carbons (Fsp3) is 0.211. The largest absolute Gasteiger partial charge is 0.491 e. The first-order chi connectivity index (χ1) is 11.5. The van der Waals surface area contributed by atoms with Crippen LogP contribution in [0.2, 0.25) is 0 Å². The number of anilines is 1. The number of aromatic nitrogens is 2. The van der Waals surface area contributed by atoms with E-state index in [0.29, 0.717) is 22.6 Å². The molecule has 0 bridgehead atoms. The van der Waals surface area contributed by atoms with E-state index in [4.69, 9.17) is 4.74 Å². The van der Waals surface area contributed by atoms with Crippen LogP contribution in [0.3, 0.4) is 0 Å². The van der Waals surface area contributed by atoms with E-state index in [-0.39, 0.29) is 12.0 Å². The first-order valence-corrected chi connectivity index (χ1v) is 7.84. The summed E-state index contributed by atoms with van der Waals surface area (Å²) in [5, 5.41) is 2.85. The Kier molecular flexibility index (Phi) is 4.42. The van der Waals surface area contributed by atoms with Gasteiger partial charge in [-0.3, -0.25) is 4.79 Å². The molecule has 2 aromatic carbocycles. The maximum Gasteiger partial charge on any atom is 0.276 e. The summed E-state index contributed by atoms with van der Waals surface area (Å²) in [5.41, 5.74) is 3.10. The van der Waals surface area contributed by atoms with Crippen LogP contribution in [0.25, 0.3) is 11.0 Å². The van der Waals surface area contributed by atoms with Gasteiger partial charge in [0, 0.05) is 5.69 Å². The van der Waals surface area contributed by atoms with Gasteiger partial charge in [0.05, 0.1) is 22.8 Å². The third-order valence-corrected chi connectivity index (χ3v) is 3.44. The van der Waals surface area contributed by atoms with E-state index in [0.717, 1.165) is 11.3 Å². The Morgan fingerprint density at radius 2 is 1.62 bits per heavy atom. The predicted octanol–water partition coefficient (Wildman–Crippen LogP) is 3.98. The lowest BCUT2D eigenvalue weighted by Gasteiger charge is -2.11. The highest BCUT2D eigenvalue weighted by molar-refractivity contribution is 6.04. The van der Waals surface area contributed by atoms with Gasteiger partial charge < -0.3 is 10.1 Å². The molecule has 0 saturated heterocycles. The van der Waals surface area contributed by atoms with Gasteiger partial charge in [-0.05, 0) is 57.2 Å². The highest BCUT2D eigenvalue weighted by atomic mass is 16.5. The van der Waals surface area contributed by atoms with Crippen LogP contribution in [0.5, 0.6) is 5.75 Å². The van der Waals surface area contributed by atoms with Crippen molar-refractivity contribution in [3.63, 3.8) is 0 Å². The molecule has 0 unspecified atom stereocenters. The number of hydrogen-bond acceptors (Lipinski definition) is 4. The number of para-hydroxylation sites is 2. The highest BCUT2D eigenvalue weighted by Gasteiger charge is 2.14. The third kappa shape index (κ3) is 3.51. The molecule has 0 aliphatic carbocycles. The minimum absolute atomic E-state index is 0.112. The Morgan fingerprint density at radius 3 is 2.25 bits per heavy atom. The standard InChI is InChI=1S/C19H19N3O2/c1-12(2)24-15-10-8-14(9-11-15)21-19(23)18-13(3)20-16-6-4-5-7-17(16)22-18/h4-12H,1-3H3,(H,21,23). The van der Waals surface area contributed by atoms with E-state index < -0.39 is 0 Å².